The summed E-state index contributed by atoms with van der Waals surface area (Å²) in [6.07, 6.45) is 2.54. The topological polar surface area (TPSA) is 84.9 Å². The highest BCUT2D eigenvalue weighted by Gasteiger charge is 2.08. The smallest absolute Gasteiger partial charge is 0.331 e. The lowest BCUT2D eigenvalue weighted by Gasteiger charge is -2.17. The van der Waals surface area contributed by atoms with Crippen molar-refractivity contribution in [3.8, 4) is 0 Å². The summed E-state index contributed by atoms with van der Waals surface area (Å²) in [7, 11) is 1.67. The quantitative estimate of drug-likeness (QED) is 0.418. The number of hydrogen-bond donors (Lipinski definition) is 1. The molecule has 0 aliphatic carbocycles. The van der Waals surface area contributed by atoms with Crippen LogP contribution in [0.5, 0.6) is 0 Å². The summed E-state index contributed by atoms with van der Waals surface area (Å²) in [6, 6.07) is 9.41. The largest absolute Gasteiger partial charge is 0.463 e. The van der Waals surface area contributed by atoms with E-state index in [0.717, 1.165) is 17.7 Å². The summed E-state index contributed by atoms with van der Waals surface area (Å²) in [6.45, 7) is 2.98. The van der Waals surface area contributed by atoms with Crippen molar-refractivity contribution in [2.45, 2.75) is 19.9 Å². The van der Waals surface area contributed by atoms with Crippen molar-refractivity contribution in [2.24, 2.45) is 0 Å². The molecule has 0 heterocycles. The van der Waals surface area contributed by atoms with Gasteiger partial charge in [0.1, 0.15) is 0 Å². The van der Waals surface area contributed by atoms with Crippen LogP contribution in [-0.2, 0) is 25.6 Å². The Balaban J connectivity index is 2.17. The maximum atomic E-state index is 11.9. The second kappa shape index (κ2) is 11.7. The number of benzene rings is 1. The van der Waals surface area contributed by atoms with E-state index >= 15 is 0 Å². The number of carbonyl (C=O) groups is 3. The van der Waals surface area contributed by atoms with Crippen LogP contribution in [0.15, 0.2) is 42.5 Å². The van der Waals surface area contributed by atoms with E-state index in [1.165, 1.54) is 4.90 Å². The molecular weight excluding hydrogens is 324 g/mol. The van der Waals surface area contributed by atoms with Crippen molar-refractivity contribution in [1.82, 2.24) is 10.2 Å². The van der Waals surface area contributed by atoms with E-state index in [1.807, 2.05) is 30.3 Å². The number of esters is 2. The third-order valence-electron chi connectivity index (χ3n) is 3.16. The molecule has 0 atom stereocenters. The molecule has 1 rings (SSSR count). The van der Waals surface area contributed by atoms with E-state index in [0.29, 0.717) is 19.5 Å². The second-order valence-corrected chi connectivity index (χ2v) is 5.17. The minimum atomic E-state index is -0.621. The molecular formula is C18H24N2O5. The number of urea groups is 1. The van der Waals surface area contributed by atoms with Gasteiger partial charge in [-0.3, -0.25) is 0 Å². The molecule has 1 N–H and O–H groups in total. The number of carbonyl (C=O) groups excluding carboxylic acids is 3. The highest BCUT2D eigenvalue weighted by atomic mass is 16.5. The van der Waals surface area contributed by atoms with Gasteiger partial charge in [-0.1, -0.05) is 30.3 Å². The Morgan fingerprint density at radius 2 is 1.72 bits per heavy atom. The van der Waals surface area contributed by atoms with Crippen molar-refractivity contribution in [1.29, 1.82) is 0 Å². The third kappa shape index (κ3) is 9.14. The van der Waals surface area contributed by atoms with Gasteiger partial charge < -0.3 is 19.7 Å². The lowest BCUT2D eigenvalue weighted by molar-refractivity contribution is -0.140. The zero-order valence-electron chi connectivity index (χ0n) is 14.6. The van der Waals surface area contributed by atoms with Gasteiger partial charge in [0.15, 0.2) is 0 Å². The molecule has 25 heavy (non-hydrogen) atoms. The van der Waals surface area contributed by atoms with Crippen LogP contribution in [0.3, 0.4) is 0 Å². The van der Waals surface area contributed by atoms with Crippen LogP contribution in [0.2, 0.25) is 0 Å². The number of nitrogens with one attached hydrogen (secondary N) is 1. The first-order valence-corrected chi connectivity index (χ1v) is 8.07. The molecule has 7 nitrogen and oxygen atoms in total. The van der Waals surface area contributed by atoms with E-state index in [-0.39, 0.29) is 19.2 Å². The summed E-state index contributed by atoms with van der Waals surface area (Å²) >= 11 is 0. The first-order chi connectivity index (χ1) is 12.0. The Labute approximate surface area is 147 Å². The van der Waals surface area contributed by atoms with Crippen LogP contribution in [-0.4, -0.2) is 49.7 Å². The Bertz CT molecular complexity index is 586. The lowest BCUT2D eigenvalue weighted by Crippen LogP contribution is -2.37. The summed E-state index contributed by atoms with van der Waals surface area (Å²) in [5.41, 5.74) is 1.02. The molecule has 0 spiro atoms. The fraction of sp³-hybridized carbons (Fsp3) is 0.389. The van der Waals surface area contributed by atoms with Crippen molar-refractivity contribution < 1.29 is 23.9 Å². The fourth-order valence-electron chi connectivity index (χ4n) is 1.86. The fourth-order valence-corrected chi connectivity index (χ4v) is 1.86. The number of rotatable bonds is 9. The van der Waals surface area contributed by atoms with Crippen LogP contribution < -0.4 is 5.32 Å². The van der Waals surface area contributed by atoms with E-state index < -0.39 is 11.9 Å². The molecule has 0 radical (unpaired) electrons. The second-order valence-electron chi connectivity index (χ2n) is 5.17. The normalized spacial score (nSPS) is 10.3. The van der Waals surface area contributed by atoms with Crippen molar-refractivity contribution in [2.75, 3.05) is 26.8 Å². The molecule has 0 saturated heterocycles. The van der Waals surface area contributed by atoms with Crippen molar-refractivity contribution >= 4 is 18.0 Å². The Morgan fingerprint density at radius 1 is 1.08 bits per heavy atom. The monoisotopic (exact) mass is 348 g/mol. The van der Waals surface area contributed by atoms with Gasteiger partial charge in [-0.2, -0.15) is 0 Å². The first-order valence-electron chi connectivity index (χ1n) is 8.07. The van der Waals surface area contributed by atoms with Gasteiger partial charge in [0.2, 0.25) is 0 Å². The van der Waals surface area contributed by atoms with Gasteiger partial charge in [0, 0.05) is 32.3 Å². The van der Waals surface area contributed by atoms with Crippen molar-refractivity contribution in [3.05, 3.63) is 48.0 Å². The summed E-state index contributed by atoms with van der Waals surface area (Å²) in [5, 5.41) is 2.81. The Kier molecular flexibility index (Phi) is 9.43. The van der Waals surface area contributed by atoms with E-state index in [9.17, 15) is 14.4 Å². The number of nitrogens with zero attached hydrogens (tertiary/aromatic N) is 1. The maximum absolute atomic E-state index is 11.9. The Morgan fingerprint density at radius 3 is 2.36 bits per heavy atom. The van der Waals surface area contributed by atoms with E-state index in [1.54, 1.807) is 14.0 Å². The standard InChI is InChI=1S/C18H24N2O5/c1-3-24-16(21)10-11-17(22)25-13-7-12-20(2)18(23)19-14-15-8-5-4-6-9-15/h4-6,8-11H,3,7,12-14H2,1-2H3,(H,19,23)/b11-10+. The van der Waals surface area contributed by atoms with Crippen LogP contribution >= 0.6 is 0 Å². The number of hydrogen-bond acceptors (Lipinski definition) is 5. The molecule has 1 aromatic rings. The molecule has 7 heteroatoms. The zero-order valence-corrected chi connectivity index (χ0v) is 14.6. The van der Waals surface area contributed by atoms with Crippen molar-refractivity contribution in [3.63, 3.8) is 0 Å². The molecule has 2 amide bonds. The molecule has 0 aliphatic heterocycles. The van der Waals surface area contributed by atoms with Crippen LogP contribution in [0.1, 0.15) is 18.9 Å². The third-order valence-corrected chi connectivity index (χ3v) is 3.16. The highest BCUT2D eigenvalue weighted by molar-refractivity contribution is 5.91. The first kappa shape index (κ1) is 20.2. The van der Waals surface area contributed by atoms with Gasteiger partial charge in [-0.15, -0.1) is 0 Å². The average molecular weight is 348 g/mol. The minimum Gasteiger partial charge on any atom is -0.463 e. The molecule has 0 bridgehead atoms. The van der Waals surface area contributed by atoms with Crippen LogP contribution in [0, 0.1) is 0 Å². The summed E-state index contributed by atoms with van der Waals surface area (Å²) < 4.78 is 9.58. The van der Waals surface area contributed by atoms with Gasteiger partial charge in [0.25, 0.3) is 0 Å². The molecule has 136 valence electrons. The minimum absolute atomic E-state index is 0.155. The van der Waals surface area contributed by atoms with Gasteiger partial charge in [-0.25, -0.2) is 14.4 Å². The van der Waals surface area contributed by atoms with Crippen LogP contribution in [0.25, 0.3) is 0 Å². The maximum Gasteiger partial charge on any atom is 0.331 e. The van der Waals surface area contributed by atoms with Crippen LogP contribution in [0.4, 0.5) is 4.79 Å². The molecule has 1 aromatic carbocycles. The lowest BCUT2D eigenvalue weighted by atomic mass is 10.2. The van der Waals surface area contributed by atoms with Gasteiger partial charge in [-0.05, 0) is 18.9 Å². The summed E-state index contributed by atoms with van der Waals surface area (Å²) in [4.78, 5) is 35.9. The Hall–Kier alpha value is -2.83. The molecule has 0 aliphatic rings. The summed E-state index contributed by atoms with van der Waals surface area (Å²) in [5.74, 6) is -1.21. The number of ether oxygens (including phenoxy) is 2. The zero-order chi connectivity index (χ0) is 18.5. The van der Waals surface area contributed by atoms with Gasteiger partial charge in [0.05, 0.1) is 13.2 Å². The van der Waals surface area contributed by atoms with E-state index in [2.05, 4.69) is 10.1 Å². The molecule has 0 saturated carbocycles. The predicted molar refractivity (Wildman–Crippen MR) is 92.7 cm³/mol. The SMILES string of the molecule is CCOC(=O)/C=C/C(=O)OCCCN(C)C(=O)NCc1ccccc1. The molecule has 0 unspecified atom stereocenters. The van der Waals surface area contributed by atoms with E-state index in [4.69, 9.17) is 4.74 Å². The predicted octanol–water partition coefficient (Wildman–Crippen LogP) is 1.88. The highest BCUT2D eigenvalue weighted by Crippen LogP contribution is 1.98. The number of amides is 2. The molecule has 0 aromatic heterocycles. The average Bonchev–Trinajstić information content (AvgIpc) is 2.62. The van der Waals surface area contributed by atoms with Gasteiger partial charge >= 0.3 is 18.0 Å². The molecule has 0 fully saturated rings.